The van der Waals surface area contributed by atoms with Gasteiger partial charge in [0.15, 0.2) is 0 Å². The van der Waals surface area contributed by atoms with Crippen molar-refractivity contribution in [2.45, 2.75) is 44.9 Å². The molecule has 0 spiro atoms. The van der Waals surface area contributed by atoms with Crippen molar-refractivity contribution in [1.29, 1.82) is 0 Å². The summed E-state index contributed by atoms with van der Waals surface area (Å²) in [4.78, 5) is 25.4. The standard InChI is InChI=1S/C18H24F3N3O3/c1-3-27-17(26)24-10-8-15(9-11-24)23-16(25)22-12(2)13-4-6-14(7-5-13)18(19,20)21/h4-7,12,15H,3,8-11H2,1-2H3,(H2,22,23,25). The van der Waals surface area contributed by atoms with Crippen molar-refractivity contribution in [2.75, 3.05) is 19.7 Å². The van der Waals surface area contributed by atoms with E-state index in [1.165, 1.54) is 12.1 Å². The highest BCUT2D eigenvalue weighted by Crippen LogP contribution is 2.29. The van der Waals surface area contributed by atoms with E-state index in [9.17, 15) is 22.8 Å². The molecular formula is C18H24F3N3O3. The predicted octanol–water partition coefficient (Wildman–Crippen LogP) is 3.69. The molecule has 150 valence electrons. The minimum Gasteiger partial charge on any atom is -0.450 e. The van der Waals surface area contributed by atoms with E-state index in [2.05, 4.69) is 10.6 Å². The smallest absolute Gasteiger partial charge is 0.416 e. The molecule has 2 rings (SSSR count). The van der Waals surface area contributed by atoms with Gasteiger partial charge in [0, 0.05) is 19.1 Å². The molecule has 1 atom stereocenters. The number of carbonyl (C=O) groups excluding carboxylic acids is 2. The number of urea groups is 1. The molecule has 0 aromatic heterocycles. The Hall–Kier alpha value is -2.45. The maximum absolute atomic E-state index is 12.6. The highest BCUT2D eigenvalue weighted by atomic mass is 19.4. The van der Waals surface area contributed by atoms with Crippen LogP contribution in [0.4, 0.5) is 22.8 Å². The van der Waals surface area contributed by atoms with E-state index < -0.39 is 23.8 Å². The molecule has 2 N–H and O–H groups in total. The zero-order chi connectivity index (χ0) is 20.0. The molecule has 1 fully saturated rings. The molecule has 1 aliphatic rings. The molecule has 3 amide bonds. The molecule has 9 heteroatoms. The molecule has 0 saturated carbocycles. The zero-order valence-corrected chi connectivity index (χ0v) is 15.3. The second kappa shape index (κ2) is 8.96. The van der Waals surface area contributed by atoms with Crippen molar-refractivity contribution in [3.63, 3.8) is 0 Å². The van der Waals surface area contributed by atoms with Crippen molar-refractivity contribution in [3.8, 4) is 0 Å². The molecule has 27 heavy (non-hydrogen) atoms. The summed E-state index contributed by atoms with van der Waals surface area (Å²) in [7, 11) is 0. The second-order valence-electron chi connectivity index (χ2n) is 6.42. The molecule has 1 unspecified atom stereocenters. The van der Waals surface area contributed by atoms with Crippen LogP contribution in [0.3, 0.4) is 0 Å². The van der Waals surface area contributed by atoms with Gasteiger partial charge in [-0.25, -0.2) is 9.59 Å². The third-order valence-corrected chi connectivity index (χ3v) is 4.44. The largest absolute Gasteiger partial charge is 0.450 e. The second-order valence-corrected chi connectivity index (χ2v) is 6.42. The number of halogens is 3. The summed E-state index contributed by atoms with van der Waals surface area (Å²) < 4.78 is 42.7. The fourth-order valence-electron chi connectivity index (χ4n) is 2.89. The lowest BCUT2D eigenvalue weighted by molar-refractivity contribution is -0.137. The van der Waals surface area contributed by atoms with Crippen LogP contribution in [0.5, 0.6) is 0 Å². The molecule has 1 heterocycles. The lowest BCUT2D eigenvalue weighted by atomic mass is 10.1. The van der Waals surface area contributed by atoms with Gasteiger partial charge in [-0.2, -0.15) is 13.2 Å². The Morgan fingerprint density at radius 3 is 2.33 bits per heavy atom. The van der Waals surface area contributed by atoms with Gasteiger partial charge >= 0.3 is 18.3 Å². The Kier molecular flexibility index (Phi) is 6.92. The fourth-order valence-corrected chi connectivity index (χ4v) is 2.89. The van der Waals surface area contributed by atoms with Gasteiger partial charge in [-0.1, -0.05) is 12.1 Å². The number of piperidine rings is 1. The number of hydrogen-bond donors (Lipinski definition) is 2. The third-order valence-electron chi connectivity index (χ3n) is 4.44. The van der Waals surface area contributed by atoms with E-state index in [1.807, 2.05) is 0 Å². The number of carbonyl (C=O) groups is 2. The number of likely N-dealkylation sites (tertiary alicyclic amines) is 1. The Bertz CT molecular complexity index is 641. The van der Waals surface area contributed by atoms with Crippen molar-refractivity contribution >= 4 is 12.1 Å². The van der Waals surface area contributed by atoms with Crippen molar-refractivity contribution in [2.24, 2.45) is 0 Å². The van der Waals surface area contributed by atoms with Gasteiger partial charge in [-0.3, -0.25) is 0 Å². The van der Waals surface area contributed by atoms with Gasteiger partial charge in [0.1, 0.15) is 0 Å². The minimum atomic E-state index is -4.38. The highest BCUT2D eigenvalue weighted by molar-refractivity contribution is 5.75. The maximum atomic E-state index is 12.6. The Labute approximate surface area is 156 Å². The predicted molar refractivity (Wildman–Crippen MR) is 93.1 cm³/mol. The minimum absolute atomic E-state index is 0.0736. The Balaban J connectivity index is 1.79. The quantitative estimate of drug-likeness (QED) is 0.828. The molecule has 1 saturated heterocycles. The van der Waals surface area contributed by atoms with Gasteiger partial charge in [-0.15, -0.1) is 0 Å². The van der Waals surface area contributed by atoms with Gasteiger partial charge in [0.05, 0.1) is 18.2 Å². The number of nitrogens with zero attached hydrogens (tertiary/aromatic N) is 1. The van der Waals surface area contributed by atoms with Crippen LogP contribution in [0.25, 0.3) is 0 Å². The van der Waals surface area contributed by atoms with Gasteiger partial charge in [0.2, 0.25) is 0 Å². The summed E-state index contributed by atoms with van der Waals surface area (Å²) >= 11 is 0. The number of amides is 3. The van der Waals surface area contributed by atoms with Crippen molar-refractivity contribution < 1.29 is 27.5 Å². The fraction of sp³-hybridized carbons (Fsp3) is 0.556. The van der Waals surface area contributed by atoms with Crippen LogP contribution >= 0.6 is 0 Å². The van der Waals surface area contributed by atoms with E-state index >= 15 is 0 Å². The summed E-state index contributed by atoms with van der Waals surface area (Å²) in [5, 5.41) is 5.56. The monoisotopic (exact) mass is 387 g/mol. The number of nitrogens with one attached hydrogen (secondary N) is 2. The first-order valence-electron chi connectivity index (χ1n) is 8.86. The van der Waals surface area contributed by atoms with Gasteiger partial charge in [-0.05, 0) is 44.4 Å². The number of rotatable bonds is 4. The van der Waals surface area contributed by atoms with Crippen LogP contribution < -0.4 is 10.6 Å². The average molecular weight is 387 g/mol. The Morgan fingerprint density at radius 2 is 1.81 bits per heavy atom. The van der Waals surface area contributed by atoms with Crippen LogP contribution in [0.15, 0.2) is 24.3 Å². The molecule has 0 aliphatic carbocycles. The first kappa shape index (κ1) is 20.9. The topological polar surface area (TPSA) is 70.7 Å². The number of alkyl halides is 3. The van der Waals surface area contributed by atoms with Crippen LogP contribution in [0, 0.1) is 0 Å². The van der Waals surface area contributed by atoms with Crippen LogP contribution in [-0.4, -0.2) is 42.8 Å². The molecule has 6 nitrogen and oxygen atoms in total. The van der Waals surface area contributed by atoms with E-state index in [1.54, 1.807) is 18.7 Å². The number of ether oxygens (including phenoxy) is 1. The van der Waals surface area contributed by atoms with Crippen molar-refractivity contribution in [1.82, 2.24) is 15.5 Å². The molecule has 1 aromatic rings. The maximum Gasteiger partial charge on any atom is 0.416 e. The summed E-state index contributed by atoms with van der Waals surface area (Å²) in [6.45, 7) is 4.76. The van der Waals surface area contributed by atoms with E-state index in [0.717, 1.165) is 12.1 Å². The summed E-state index contributed by atoms with van der Waals surface area (Å²) in [6, 6.07) is 3.80. The number of hydrogen-bond acceptors (Lipinski definition) is 3. The van der Waals surface area contributed by atoms with E-state index in [4.69, 9.17) is 4.74 Å². The SMILES string of the molecule is CCOC(=O)N1CCC(NC(=O)NC(C)c2ccc(C(F)(F)F)cc2)CC1. The lowest BCUT2D eigenvalue weighted by Gasteiger charge is -2.31. The van der Waals surface area contributed by atoms with E-state index in [0.29, 0.717) is 38.1 Å². The first-order valence-corrected chi connectivity index (χ1v) is 8.86. The lowest BCUT2D eigenvalue weighted by Crippen LogP contribution is -2.49. The third kappa shape index (κ3) is 6.04. The van der Waals surface area contributed by atoms with Crippen LogP contribution in [0.2, 0.25) is 0 Å². The first-order chi connectivity index (χ1) is 12.7. The molecule has 0 radical (unpaired) electrons. The van der Waals surface area contributed by atoms with Gasteiger partial charge < -0.3 is 20.3 Å². The summed E-state index contributed by atoms with van der Waals surface area (Å²) in [5.41, 5.74) is -0.147. The summed E-state index contributed by atoms with van der Waals surface area (Å²) in [5.74, 6) is 0. The normalized spacial score (nSPS) is 16.6. The molecular weight excluding hydrogens is 363 g/mol. The Morgan fingerprint density at radius 1 is 1.22 bits per heavy atom. The summed E-state index contributed by atoms with van der Waals surface area (Å²) in [6.07, 6.45) is -3.51. The zero-order valence-electron chi connectivity index (χ0n) is 15.3. The molecule has 0 bridgehead atoms. The molecule has 1 aliphatic heterocycles. The van der Waals surface area contributed by atoms with Crippen LogP contribution in [-0.2, 0) is 10.9 Å². The molecule has 1 aromatic carbocycles. The number of benzene rings is 1. The average Bonchev–Trinajstić information content (AvgIpc) is 2.61. The van der Waals surface area contributed by atoms with Crippen molar-refractivity contribution in [3.05, 3.63) is 35.4 Å². The van der Waals surface area contributed by atoms with Crippen LogP contribution in [0.1, 0.15) is 43.9 Å². The van der Waals surface area contributed by atoms with Gasteiger partial charge in [0.25, 0.3) is 0 Å². The highest BCUT2D eigenvalue weighted by Gasteiger charge is 2.30. The van der Waals surface area contributed by atoms with E-state index in [-0.39, 0.29) is 12.1 Å².